The highest BCUT2D eigenvalue weighted by Gasteiger charge is 2.19. The molecule has 8 heteroatoms. The van der Waals surface area contributed by atoms with Gasteiger partial charge >= 0.3 is 0 Å². The third-order valence-corrected chi connectivity index (χ3v) is 5.58. The van der Waals surface area contributed by atoms with Crippen molar-refractivity contribution in [2.45, 2.75) is 31.8 Å². The Hall–Kier alpha value is -2.45. The summed E-state index contributed by atoms with van der Waals surface area (Å²) >= 11 is 0. The fourth-order valence-corrected chi connectivity index (χ4v) is 3.45. The Bertz CT molecular complexity index is 909. The molecule has 2 aromatic carbocycles. The van der Waals surface area contributed by atoms with Crippen LogP contribution in [0.4, 0.5) is 11.4 Å². The van der Waals surface area contributed by atoms with Crippen LogP contribution in [0.25, 0.3) is 0 Å². The standard InChI is InChI=1S/C19H25N3O4S/c1-4-21(5-2)14-16-9-7-6-8-15(16)13-20-18-11-10-17(27(3,25)26)12-19(18)22(23)24/h6-12,20H,4-5,13-14H2,1-3H3. The summed E-state index contributed by atoms with van der Waals surface area (Å²) < 4.78 is 23.3. The van der Waals surface area contributed by atoms with E-state index in [0.29, 0.717) is 12.2 Å². The number of nitrogens with one attached hydrogen (secondary N) is 1. The van der Waals surface area contributed by atoms with Crippen LogP contribution >= 0.6 is 0 Å². The second kappa shape index (κ2) is 8.96. The van der Waals surface area contributed by atoms with Crippen LogP contribution < -0.4 is 5.32 Å². The van der Waals surface area contributed by atoms with Crippen molar-refractivity contribution in [3.8, 4) is 0 Å². The number of nitro groups is 1. The monoisotopic (exact) mass is 391 g/mol. The second-order valence-corrected chi connectivity index (χ2v) is 8.31. The zero-order valence-corrected chi connectivity index (χ0v) is 16.6. The van der Waals surface area contributed by atoms with Gasteiger partial charge in [-0.2, -0.15) is 0 Å². The van der Waals surface area contributed by atoms with Crippen LogP contribution in [0.15, 0.2) is 47.4 Å². The van der Waals surface area contributed by atoms with Crippen LogP contribution in [0.2, 0.25) is 0 Å². The highest BCUT2D eigenvalue weighted by molar-refractivity contribution is 7.90. The topological polar surface area (TPSA) is 92.6 Å². The van der Waals surface area contributed by atoms with Gasteiger partial charge in [-0.05, 0) is 36.3 Å². The highest BCUT2D eigenvalue weighted by atomic mass is 32.2. The van der Waals surface area contributed by atoms with E-state index in [2.05, 4.69) is 30.1 Å². The van der Waals surface area contributed by atoms with Crippen molar-refractivity contribution in [2.24, 2.45) is 0 Å². The second-order valence-electron chi connectivity index (χ2n) is 6.29. The van der Waals surface area contributed by atoms with Crippen molar-refractivity contribution in [1.82, 2.24) is 4.90 Å². The van der Waals surface area contributed by atoms with Crippen molar-refractivity contribution >= 4 is 21.2 Å². The Labute approximate surface area is 160 Å². The summed E-state index contributed by atoms with van der Waals surface area (Å²) in [7, 11) is -3.51. The van der Waals surface area contributed by atoms with Gasteiger partial charge in [-0.25, -0.2) is 8.42 Å². The van der Waals surface area contributed by atoms with E-state index in [-0.39, 0.29) is 10.6 Å². The van der Waals surface area contributed by atoms with Gasteiger partial charge in [0.15, 0.2) is 9.84 Å². The zero-order chi connectivity index (χ0) is 20.0. The first kappa shape index (κ1) is 20.9. The molecule has 0 saturated carbocycles. The average molecular weight is 391 g/mol. The maximum Gasteiger partial charge on any atom is 0.293 e. The fourth-order valence-electron chi connectivity index (χ4n) is 2.81. The molecule has 0 bridgehead atoms. The van der Waals surface area contributed by atoms with E-state index in [1.807, 2.05) is 18.2 Å². The van der Waals surface area contributed by atoms with Crippen LogP contribution in [0.1, 0.15) is 25.0 Å². The number of hydrogen-bond acceptors (Lipinski definition) is 6. The van der Waals surface area contributed by atoms with E-state index in [1.54, 1.807) is 0 Å². The predicted molar refractivity (Wildman–Crippen MR) is 107 cm³/mol. The van der Waals surface area contributed by atoms with E-state index in [9.17, 15) is 18.5 Å². The Kier molecular flexibility index (Phi) is 6.92. The number of hydrogen-bond donors (Lipinski definition) is 1. The van der Waals surface area contributed by atoms with Crippen molar-refractivity contribution in [3.63, 3.8) is 0 Å². The molecule has 0 spiro atoms. The summed E-state index contributed by atoms with van der Waals surface area (Å²) in [5.41, 5.74) is 2.25. The van der Waals surface area contributed by atoms with Crippen LogP contribution in [0.3, 0.4) is 0 Å². The van der Waals surface area contributed by atoms with Crippen LogP contribution in [-0.2, 0) is 22.9 Å². The summed E-state index contributed by atoms with van der Waals surface area (Å²) in [6.07, 6.45) is 1.03. The van der Waals surface area contributed by atoms with Crippen LogP contribution in [-0.4, -0.2) is 37.6 Å². The van der Waals surface area contributed by atoms with Crippen molar-refractivity contribution in [2.75, 3.05) is 24.7 Å². The molecule has 1 N–H and O–H groups in total. The molecule has 0 atom stereocenters. The SMILES string of the molecule is CCN(CC)Cc1ccccc1CNc1ccc(S(C)(=O)=O)cc1[N+](=O)[O-]. The van der Waals surface area contributed by atoms with Gasteiger partial charge in [0, 0.05) is 25.4 Å². The minimum absolute atomic E-state index is 0.0679. The lowest BCUT2D eigenvalue weighted by molar-refractivity contribution is -0.384. The van der Waals surface area contributed by atoms with Gasteiger partial charge in [0.25, 0.3) is 5.69 Å². The summed E-state index contributed by atoms with van der Waals surface area (Å²) in [5.74, 6) is 0. The molecular formula is C19H25N3O4S. The molecule has 2 aromatic rings. The van der Waals surface area contributed by atoms with Gasteiger partial charge in [0.2, 0.25) is 0 Å². The average Bonchev–Trinajstić information content (AvgIpc) is 2.64. The third-order valence-electron chi connectivity index (χ3n) is 4.47. The molecule has 0 saturated heterocycles. The first-order valence-electron chi connectivity index (χ1n) is 8.77. The number of benzene rings is 2. The molecular weight excluding hydrogens is 366 g/mol. The molecule has 0 radical (unpaired) electrons. The predicted octanol–water partition coefficient (Wildman–Crippen LogP) is 3.45. The van der Waals surface area contributed by atoms with Gasteiger partial charge in [-0.3, -0.25) is 15.0 Å². The molecule has 27 heavy (non-hydrogen) atoms. The van der Waals surface area contributed by atoms with E-state index in [0.717, 1.165) is 43.1 Å². The quantitative estimate of drug-likeness (QED) is 0.520. The van der Waals surface area contributed by atoms with Gasteiger partial charge < -0.3 is 5.32 Å². The van der Waals surface area contributed by atoms with Gasteiger partial charge in [0.05, 0.1) is 9.82 Å². The number of nitro benzene ring substituents is 1. The van der Waals surface area contributed by atoms with Crippen molar-refractivity contribution in [3.05, 3.63) is 63.7 Å². The van der Waals surface area contributed by atoms with Gasteiger partial charge in [0.1, 0.15) is 5.69 Å². The largest absolute Gasteiger partial charge is 0.375 e. The molecule has 0 fully saturated rings. The Balaban J connectivity index is 2.26. The summed E-state index contributed by atoms with van der Waals surface area (Å²) in [6.45, 7) is 7.32. The lowest BCUT2D eigenvalue weighted by Crippen LogP contribution is -2.23. The molecule has 146 valence electrons. The summed E-state index contributed by atoms with van der Waals surface area (Å²) in [5, 5.41) is 14.5. The van der Waals surface area contributed by atoms with Gasteiger partial charge in [-0.1, -0.05) is 38.1 Å². The van der Waals surface area contributed by atoms with Crippen molar-refractivity contribution in [1.29, 1.82) is 0 Å². The molecule has 0 aliphatic carbocycles. The summed E-state index contributed by atoms with van der Waals surface area (Å²) in [4.78, 5) is 13.0. The molecule has 0 aromatic heterocycles. The molecule has 2 rings (SSSR count). The molecule has 0 heterocycles. The maximum absolute atomic E-state index is 11.7. The number of sulfone groups is 1. The smallest absolute Gasteiger partial charge is 0.293 e. The zero-order valence-electron chi connectivity index (χ0n) is 15.8. The molecule has 0 unspecified atom stereocenters. The van der Waals surface area contributed by atoms with Crippen LogP contribution in [0, 0.1) is 10.1 Å². The Morgan fingerprint density at radius 3 is 2.26 bits per heavy atom. The van der Waals surface area contributed by atoms with E-state index < -0.39 is 14.8 Å². The van der Waals surface area contributed by atoms with E-state index in [1.165, 1.54) is 12.1 Å². The first-order chi connectivity index (χ1) is 12.8. The van der Waals surface area contributed by atoms with Crippen molar-refractivity contribution < 1.29 is 13.3 Å². The van der Waals surface area contributed by atoms with E-state index in [4.69, 9.17) is 0 Å². The summed E-state index contributed by atoms with van der Waals surface area (Å²) in [6, 6.07) is 11.9. The normalized spacial score (nSPS) is 11.6. The lowest BCUT2D eigenvalue weighted by atomic mass is 10.1. The minimum atomic E-state index is -3.51. The fraction of sp³-hybridized carbons (Fsp3) is 0.368. The number of rotatable bonds is 9. The maximum atomic E-state index is 11.7. The van der Waals surface area contributed by atoms with Gasteiger partial charge in [-0.15, -0.1) is 0 Å². The van der Waals surface area contributed by atoms with E-state index >= 15 is 0 Å². The van der Waals surface area contributed by atoms with Crippen LogP contribution in [0.5, 0.6) is 0 Å². The molecule has 7 nitrogen and oxygen atoms in total. The first-order valence-corrected chi connectivity index (χ1v) is 10.7. The third kappa shape index (κ3) is 5.51. The number of nitrogens with zero attached hydrogens (tertiary/aromatic N) is 2. The minimum Gasteiger partial charge on any atom is -0.375 e. The molecule has 0 aliphatic heterocycles. The highest BCUT2D eigenvalue weighted by Crippen LogP contribution is 2.28. The number of anilines is 1. The Morgan fingerprint density at radius 1 is 1.07 bits per heavy atom. The lowest BCUT2D eigenvalue weighted by Gasteiger charge is -2.20. The Morgan fingerprint density at radius 2 is 1.70 bits per heavy atom. The molecule has 0 amide bonds. The molecule has 0 aliphatic rings.